The quantitative estimate of drug-likeness (QED) is 0.833. The summed E-state index contributed by atoms with van der Waals surface area (Å²) in [7, 11) is 0. The maximum absolute atomic E-state index is 12.1. The molecule has 0 radical (unpaired) electrons. The number of pyridine rings is 1. The van der Waals surface area contributed by atoms with Crippen molar-refractivity contribution in [3.8, 4) is 5.88 Å². The van der Waals surface area contributed by atoms with Crippen LogP contribution < -0.4 is 10.1 Å². The average molecular weight is 342 g/mol. The lowest BCUT2D eigenvalue weighted by Gasteiger charge is -2.32. The lowest BCUT2D eigenvalue weighted by Crippen LogP contribution is -2.52. The molecule has 25 heavy (non-hydrogen) atoms. The summed E-state index contributed by atoms with van der Waals surface area (Å²) in [6, 6.07) is 15.0. The fourth-order valence-electron chi connectivity index (χ4n) is 2.65. The van der Waals surface area contributed by atoms with Crippen molar-refractivity contribution in [2.45, 2.75) is 25.2 Å². The van der Waals surface area contributed by atoms with E-state index in [1.807, 2.05) is 42.5 Å². The minimum atomic E-state index is -0.219. The van der Waals surface area contributed by atoms with Gasteiger partial charge in [0.25, 0.3) is 0 Å². The zero-order valence-electron chi connectivity index (χ0n) is 14.0. The summed E-state index contributed by atoms with van der Waals surface area (Å²) in [5, 5.41) is 2.93. The summed E-state index contributed by atoms with van der Waals surface area (Å²) in [5.41, 5.74) is 1.03. The van der Waals surface area contributed by atoms with Gasteiger partial charge in [0.15, 0.2) is 0 Å². The van der Waals surface area contributed by atoms with Crippen LogP contribution in [0.25, 0.3) is 0 Å². The number of benzene rings is 1. The zero-order valence-corrected chi connectivity index (χ0v) is 14.0. The van der Waals surface area contributed by atoms with Crippen molar-refractivity contribution in [3.05, 3.63) is 60.3 Å². The Hall–Kier alpha value is -2.44. The van der Waals surface area contributed by atoms with Crippen molar-refractivity contribution in [2.75, 3.05) is 19.8 Å². The Balaban J connectivity index is 1.46. The molecule has 2 atom stereocenters. The number of nitrogens with zero attached hydrogens (tertiary/aromatic N) is 1. The van der Waals surface area contributed by atoms with Crippen LogP contribution in [0.4, 0.5) is 0 Å². The number of ether oxygens (including phenoxy) is 3. The normalized spacial score (nSPS) is 20.0. The summed E-state index contributed by atoms with van der Waals surface area (Å²) < 4.78 is 16.8. The van der Waals surface area contributed by atoms with Gasteiger partial charge in [-0.25, -0.2) is 4.98 Å². The molecule has 1 saturated heterocycles. The second-order valence-electron chi connectivity index (χ2n) is 5.84. The molecule has 0 spiro atoms. The number of carbonyl (C=O) groups is 1. The van der Waals surface area contributed by atoms with Gasteiger partial charge in [-0.1, -0.05) is 36.4 Å². The van der Waals surface area contributed by atoms with Crippen LogP contribution in [0.3, 0.4) is 0 Å². The molecule has 1 aromatic carbocycles. The Bertz CT molecular complexity index is 651. The van der Waals surface area contributed by atoms with Crippen molar-refractivity contribution >= 4 is 5.91 Å². The van der Waals surface area contributed by atoms with E-state index in [4.69, 9.17) is 14.2 Å². The van der Waals surface area contributed by atoms with Crippen LogP contribution in [0.1, 0.15) is 12.0 Å². The van der Waals surface area contributed by atoms with Gasteiger partial charge in [-0.05, 0) is 11.6 Å². The molecule has 132 valence electrons. The van der Waals surface area contributed by atoms with E-state index in [-0.39, 0.29) is 24.7 Å². The van der Waals surface area contributed by atoms with Gasteiger partial charge in [0, 0.05) is 18.7 Å². The molecule has 2 aromatic rings. The minimum Gasteiger partial charge on any atom is -0.472 e. The van der Waals surface area contributed by atoms with E-state index in [9.17, 15) is 4.79 Å². The highest BCUT2D eigenvalue weighted by molar-refractivity contribution is 5.77. The first kappa shape index (κ1) is 17.4. The Morgan fingerprint density at radius 2 is 2.04 bits per heavy atom. The Labute approximate surface area is 147 Å². The van der Waals surface area contributed by atoms with Crippen LogP contribution in [-0.2, 0) is 20.9 Å². The number of carbonyl (C=O) groups excluding carboxylic acids is 1. The molecule has 3 rings (SSSR count). The molecule has 6 heteroatoms. The first-order valence-electron chi connectivity index (χ1n) is 8.38. The van der Waals surface area contributed by atoms with Gasteiger partial charge >= 0.3 is 0 Å². The zero-order chi connectivity index (χ0) is 17.3. The molecular weight excluding hydrogens is 320 g/mol. The fraction of sp³-hybridized carbons (Fsp3) is 0.368. The maximum Gasteiger partial charge on any atom is 0.246 e. The fourth-order valence-corrected chi connectivity index (χ4v) is 2.65. The van der Waals surface area contributed by atoms with Crippen LogP contribution in [0.2, 0.25) is 0 Å². The van der Waals surface area contributed by atoms with Crippen LogP contribution in [0.15, 0.2) is 54.7 Å². The standard InChI is InChI=1S/C19H22N2O4/c22-18(14-24-12-15-6-2-1-3-7-15)21-16-13-23-11-9-17(16)25-19-8-4-5-10-20-19/h1-8,10,16-17H,9,11-14H2,(H,21,22)/t16-,17-/m1/s1. The van der Waals surface area contributed by atoms with Crippen LogP contribution in [0.5, 0.6) is 5.88 Å². The van der Waals surface area contributed by atoms with Gasteiger partial charge in [-0.15, -0.1) is 0 Å². The Morgan fingerprint density at radius 1 is 1.20 bits per heavy atom. The lowest BCUT2D eigenvalue weighted by molar-refractivity contribution is -0.129. The van der Waals surface area contributed by atoms with E-state index >= 15 is 0 Å². The Morgan fingerprint density at radius 3 is 2.84 bits per heavy atom. The first-order valence-corrected chi connectivity index (χ1v) is 8.38. The van der Waals surface area contributed by atoms with Crippen molar-refractivity contribution in [1.82, 2.24) is 10.3 Å². The molecule has 0 bridgehead atoms. The van der Waals surface area contributed by atoms with Gasteiger partial charge in [-0.3, -0.25) is 4.79 Å². The van der Waals surface area contributed by atoms with Crippen molar-refractivity contribution in [2.24, 2.45) is 0 Å². The second-order valence-corrected chi connectivity index (χ2v) is 5.84. The monoisotopic (exact) mass is 342 g/mol. The van der Waals surface area contributed by atoms with E-state index in [0.717, 1.165) is 5.56 Å². The molecule has 6 nitrogen and oxygen atoms in total. The third-order valence-electron chi connectivity index (χ3n) is 3.89. The summed E-state index contributed by atoms with van der Waals surface area (Å²) >= 11 is 0. The molecule has 1 aliphatic rings. The molecule has 2 heterocycles. The number of hydrogen-bond donors (Lipinski definition) is 1. The largest absolute Gasteiger partial charge is 0.472 e. The maximum atomic E-state index is 12.1. The third kappa shape index (κ3) is 5.55. The van der Waals surface area contributed by atoms with Gasteiger partial charge in [0.05, 0.1) is 25.9 Å². The summed E-state index contributed by atoms with van der Waals surface area (Å²) in [6.07, 6.45) is 2.22. The second kappa shape index (κ2) is 9.15. The van der Waals surface area contributed by atoms with E-state index in [0.29, 0.717) is 32.1 Å². The van der Waals surface area contributed by atoms with Crippen molar-refractivity contribution in [1.29, 1.82) is 0 Å². The van der Waals surface area contributed by atoms with Gasteiger partial charge in [-0.2, -0.15) is 0 Å². The van der Waals surface area contributed by atoms with Crippen LogP contribution >= 0.6 is 0 Å². The molecule has 1 aliphatic heterocycles. The number of amides is 1. The summed E-state index contributed by atoms with van der Waals surface area (Å²) in [4.78, 5) is 16.3. The Kier molecular flexibility index (Phi) is 6.36. The highest BCUT2D eigenvalue weighted by Crippen LogP contribution is 2.15. The number of aromatic nitrogens is 1. The highest BCUT2D eigenvalue weighted by atomic mass is 16.5. The van der Waals surface area contributed by atoms with Gasteiger partial charge in [0.2, 0.25) is 11.8 Å². The highest BCUT2D eigenvalue weighted by Gasteiger charge is 2.29. The molecule has 1 N–H and O–H groups in total. The lowest BCUT2D eigenvalue weighted by atomic mass is 10.1. The van der Waals surface area contributed by atoms with E-state index in [1.165, 1.54) is 0 Å². The molecular formula is C19H22N2O4. The summed E-state index contributed by atoms with van der Waals surface area (Å²) in [6.45, 7) is 1.43. The molecule has 1 fully saturated rings. The van der Waals surface area contributed by atoms with E-state index < -0.39 is 0 Å². The number of nitrogens with one attached hydrogen (secondary N) is 1. The molecule has 1 aromatic heterocycles. The smallest absolute Gasteiger partial charge is 0.246 e. The molecule has 0 aliphatic carbocycles. The average Bonchev–Trinajstić information content (AvgIpc) is 2.65. The number of hydrogen-bond acceptors (Lipinski definition) is 5. The third-order valence-corrected chi connectivity index (χ3v) is 3.89. The van der Waals surface area contributed by atoms with Gasteiger partial charge < -0.3 is 19.5 Å². The van der Waals surface area contributed by atoms with E-state index in [1.54, 1.807) is 12.3 Å². The minimum absolute atomic E-state index is 0.00169. The summed E-state index contributed by atoms with van der Waals surface area (Å²) in [5.74, 6) is 0.370. The molecule has 1 amide bonds. The topological polar surface area (TPSA) is 69.7 Å². The number of rotatable bonds is 7. The van der Waals surface area contributed by atoms with Crippen LogP contribution in [0, 0.1) is 0 Å². The van der Waals surface area contributed by atoms with E-state index in [2.05, 4.69) is 10.3 Å². The van der Waals surface area contributed by atoms with Crippen molar-refractivity contribution < 1.29 is 19.0 Å². The predicted octanol–water partition coefficient (Wildman–Crippen LogP) is 1.95. The van der Waals surface area contributed by atoms with Crippen LogP contribution in [-0.4, -0.2) is 42.9 Å². The van der Waals surface area contributed by atoms with Gasteiger partial charge in [0.1, 0.15) is 12.7 Å². The molecule has 0 unspecified atom stereocenters. The SMILES string of the molecule is O=C(COCc1ccccc1)N[C@@H]1COCC[C@H]1Oc1ccccn1. The first-order chi connectivity index (χ1) is 12.3. The molecule has 0 saturated carbocycles. The predicted molar refractivity (Wildman–Crippen MR) is 92.1 cm³/mol. The van der Waals surface area contributed by atoms with Crippen molar-refractivity contribution in [3.63, 3.8) is 0 Å².